The summed E-state index contributed by atoms with van der Waals surface area (Å²) in [7, 11) is 3.96. The fourth-order valence-electron chi connectivity index (χ4n) is 5.14. The monoisotopic (exact) mass is 406 g/mol. The Labute approximate surface area is 171 Å². The Kier molecular flexibility index (Phi) is 6.10. The summed E-state index contributed by atoms with van der Waals surface area (Å²) in [5, 5.41) is 0. The van der Waals surface area contributed by atoms with Crippen molar-refractivity contribution >= 4 is 30.2 Å². The van der Waals surface area contributed by atoms with Crippen LogP contribution in [0.2, 0.25) is 0 Å². The fraction of sp³-hybridized carbons (Fsp3) is 0.571. The van der Waals surface area contributed by atoms with Crippen LogP contribution in [0.4, 0.5) is 0 Å². The first-order chi connectivity index (χ1) is 13.0. The molecule has 3 fully saturated rings. The van der Waals surface area contributed by atoms with Crippen molar-refractivity contribution in [3.63, 3.8) is 0 Å². The molecule has 2 saturated carbocycles. The third-order valence-electron chi connectivity index (χ3n) is 6.30. The van der Waals surface area contributed by atoms with E-state index in [1.54, 1.807) is 24.3 Å². The standard InChI is InChI=1S/C21H26N2O4.ClH/c1-22(2)9-6-10-23-19(24)17-14-11-15(18(17)20(23)25)16(12-14)27-21(26)13-7-4-3-5-8-13;/h3-5,7-8,14-18H,6,9-12H2,1-2H3;1H/t14-,15+,16+,17+,18-;/m0./s1. The van der Waals surface area contributed by atoms with Gasteiger partial charge in [-0.2, -0.15) is 0 Å². The van der Waals surface area contributed by atoms with E-state index in [2.05, 4.69) is 4.90 Å². The van der Waals surface area contributed by atoms with Crippen LogP contribution in [-0.2, 0) is 14.3 Å². The lowest BCUT2D eigenvalue weighted by Gasteiger charge is -2.28. The molecule has 7 heteroatoms. The predicted molar refractivity (Wildman–Crippen MR) is 106 cm³/mol. The smallest absolute Gasteiger partial charge is 0.338 e. The molecule has 5 atom stereocenters. The molecule has 0 unspecified atom stereocenters. The van der Waals surface area contributed by atoms with Crippen LogP contribution in [-0.4, -0.2) is 60.9 Å². The Hall–Kier alpha value is -1.92. The zero-order valence-corrected chi connectivity index (χ0v) is 17.1. The van der Waals surface area contributed by atoms with Crippen LogP contribution < -0.4 is 0 Å². The summed E-state index contributed by atoms with van der Waals surface area (Å²) in [6.45, 7) is 1.33. The molecule has 1 aromatic rings. The summed E-state index contributed by atoms with van der Waals surface area (Å²) in [6.07, 6.45) is 2.02. The van der Waals surface area contributed by atoms with Crippen molar-refractivity contribution in [2.45, 2.75) is 25.4 Å². The van der Waals surface area contributed by atoms with Gasteiger partial charge in [-0.15, -0.1) is 12.4 Å². The van der Waals surface area contributed by atoms with Gasteiger partial charge in [0, 0.05) is 12.5 Å². The van der Waals surface area contributed by atoms with Crippen molar-refractivity contribution in [3.05, 3.63) is 35.9 Å². The average Bonchev–Trinajstić information content (AvgIpc) is 3.29. The molecule has 0 spiro atoms. The molecule has 1 saturated heterocycles. The maximum atomic E-state index is 12.9. The number of carbonyl (C=O) groups is 3. The number of nitrogens with zero attached hydrogens (tertiary/aromatic N) is 2. The summed E-state index contributed by atoms with van der Waals surface area (Å²) in [5.74, 6) is -0.783. The number of ether oxygens (including phenoxy) is 1. The minimum absolute atomic E-state index is 0. The van der Waals surface area contributed by atoms with Crippen molar-refractivity contribution < 1.29 is 19.1 Å². The van der Waals surface area contributed by atoms with Gasteiger partial charge >= 0.3 is 5.97 Å². The number of imide groups is 1. The topological polar surface area (TPSA) is 66.9 Å². The molecule has 2 bridgehead atoms. The number of hydrogen-bond acceptors (Lipinski definition) is 5. The van der Waals surface area contributed by atoms with Gasteiger partial charge in [-0.3, -0.25) is 14.5 Å². The second kappa shape index (κ2) is 8.21. The molecule has 0 aromatic heterocycles. The number of amides is 2. The highest BCUT2D eigenvalue weighted by atomic mass is 35.5. The lowest BCUT2D eigenvalue weighted by Crippen LogP contribution is -2.37. The fourth-order valence-corrected chi connectivity index (χ4v) is 5.14. The summed E-state index contributed by atoms with van der Waals surface area (Å²) in [6, 6.07) is 8.92. The number of rotatable bonds is 6. The molecule has 1 aromatic carbocycles. The maximum absolute atomic E-state index is 12.9. The normalized spacial score (nSPS) is 30.5. The maximum Gasteiger partial charge on any atom is 0.338 e. The van der Waals surface area contributed by atoms with E-state index in [-0.39, 0.29) is 60.0 Å². The van der Waals surface area contributed by atoms with E-state index in [4.69, 9.17) is 4.74 Å². The van der Waals surface area contributed by atoms with Gasteiger partial charge in [0.2, 0.25) is 11.8 Å². The van der Waals surface area contributed by atoms with Crippen molar-refractivity contribution in [2.24, 2.45) is 23.7 Å². The average molecular weight is 407 g/mol. The largest absolute Gasteiger partial charge is 0.458 e. The third-order valence-corrected chi connectivity index (χ3v) is 6.30. The van der Waals surface area contributed by atoms with Crippen molar-refractivity contribution in [1.29, 1.82) is 0 Å². The molecule has 1 aliphatic heterocycles. The Morgan fingerprint density at radius 3 is 2.46 bits per heavy atom. The van der Waals surface area contributed by atoms with Gasteiger partial charge in [0.15, 0.2) is 0 Å². The highest BCUT2D eigenvalue weighted by Crippen LogP contribution is 2.57. The third kappa shape index (κ3) is 3.55. The Bertz CT molecular complexity index is 754. The summed E-state index contributed by atoms with van der Waals surface area (Å²) in [4.78, 5) is 41.6. The van der Waals surface area contributed by atoms with E-state index in [0.717, 1.165) is 19.4 Å². The molecule has 6 nitrogen and oxygen atoms in total. The molecule has 1 heterocycles. The molecular weight excluding hydrogens is 380 g/mol. The summed E-state index contributed by atoms with van der Waals surface area (Å²) in [5.41, 5.74) is 0.524. The first kappa shape index (κ1) is 20.8. The first-order valence-corrected chi connectivity index (χ1v) is 9.73. The van der Waals surface area contributed by atoms with E-state index < -0.39 is 0 Å². The van der Waals surface area contributed by atoms with Crippen molar-refractivity contribution in [3.8, 4) is 0 Å². The molecule has 152 valence electrons. The van der Waals surface area contributed by atoms with Gasteiger partial charge in [-0.1, -0.05) is 18.2 Å². The van der Waals surface area contributed by atoms with Gasteiger partial charge in [0.05, 0.1) is 17.4 Å². The van der Waals surface area contributed by atoms with Crippen LogP contribution in [0.5, 0.6) is 0 Å². The number of halogens is 1. The quantitative estimate of drug-likeness (QED) is 0.535. The van der Waals surface area contributed by atoms with Crippen molar-refractivity contribution in [1.82, 2.24) is 9.80 Å². The van der Waals surface area contributed by atoms with Gasteiger partial charge in [-0.25, -0.2) is 4.79 Å². The van der Waals surface area contributed by atoms with Gasteiger partial charge in [0.1, 0.15) is 6.10 Å². The highest BCUT2D eigenvalue weighted by molar-refractivity contribution is 6.06. The van der Waals surface area contributed by atoms with Crippen molar-refractivity contribution in [2.75, 3.05) is 27.2 Å². The van der Waals surface area contributed by atoms with E-state index in [1.165, 1.54) is 4.90 Å². The first-order valence-electron chi connectivity index (χ1n) is 9.73. The van der Waals surface area contributed by atoms with Crippen LogP contribution in [0.25, 0.3) is 0 Å². The zero-order valence-electron chi connectivity index (χ0n) is 16.2. The Balaban J connectivity index is 0.00000225. The van der Waals surface area contributed by atoms with Gasteiger partial charge in [-0.05, 0) is 58.0 Å². The van der Waals surface area contributed by atoms with Crippen LogP contribution in [0.1, 0.15) is 29.6 Å². The number of likely N-dealkylation sites (tertiary alicyclic amines) is 1. The predicted octanol–water partition coefficient (Wildman–Crippen LogP) is 2.23. The summed E-state index contributed by atoms with van der Waals surface area (Å²) >= 11 is 0. The lowest BCUT2D eigenvalue weighted by molar-refractivity contribution is -0.141. The molecule has 0 radical (unpaired) electrons. The van der Waals surface area contributed by atoms with Gasteiger partial charge < -0.3 is 9.64 Å². The molecule has 28 heavy (non-hydrogen) atoms. The minimum Gasteiger partial charge on any atom is -0.458 e. The Morgan fingerprint density at radius 2 is 1.79 bits per heavy atom. The zero-order chi connectivity index (χ0) is 19.1. The molecule has 4 rings (SSSR count). The van der Waals surface area contributed by atoms with Gasteiger partial charge in [0.25, 0.3) is 0 Å². The summed E-state index contributed by atoms with van der Waals surface area (Å²) < 4.78 is 5.74. The minimum atomic E-state index is -0.343. The second-order valence-electron chi connectivity index (χ2n) is 8.24. The number of hydrogen-bond donors (Lipinski definition) is 0. The molecular formula is C21H27ClN2O4. The van der Waals surface area contributed by atoms with E-state index >= 15 is 0 Å². The van der Waals surface area contributed by atoms with Crippen LogP contribution in [0.3, 0.4) is 0 Å². The number of fused-ring (bicyclic) bond motifs is 5. The lowest BCUT2D eigenvalue weighted by atomic mass is 9.79. The molecule has 0 N–H and O–H groups in total. The Morgan fingerprint density at radius 1 is 1.11 bits per heavy atom. The van der Waals surface area contributed by atoms with Crippen LogP contribution in [0.15, 0.2) is 30.3 Å². The number of carbonyl (C=O) groups excluding carboxylic acids is 3. The SMILES string of the molecule is CN(C)CCCN1C(=O)[C@@H]2[C@H]3C[C@@H]([C@@H]2C1=O)[C@H](OC(=O)c1ccccc1)C3.Cl. The van der Waals surface area contributed by atoms with Crippen LogP contribution >= 0.6 is 12.4 Å². The molecule has 2 aliphatic carbocycles. The van der Waals surface area contributed by atoms with E-state index in [0.29, 0.717) is 18.5 Å². The van der Waals surface area contributed by atoms with Crippen LogP contribution in [0, 0.1) is 23.7 Å². The highest BCUT2D eigenvalue weighted by Gasteiger charge is 2.64. The number of esters is 1. The van der Waals surface area contributed by atoms with E-state index in [1.807, 2.05) is 20.2 Å². The molecule has 3 aliphatic rings. The molecule has 2 amide bonds. The van der Waals surface area contributed by atoms with E-state index in [9.17, 15) is 14.4 Å². The second-order valence-corrected chi connectivity index (χ2v) is 8.24. The number of benzene rings is 1.